The Morgan fingerprint density at radius 2 is 1.57 bits per heavy atom. The molecule has 0 aliphatic heterocycles. The minimum atomic E-state index is -0.414. The fraction of sp³-hybridized carbons (Fsp3) is 0. The van der Waals surface area contributed by atoms with Gasteiger partial charge in [-0.1, -0.05) is 0 Å². The molecule has 0 radical (unpaired) electrons. The van der Waals surface area contributed by atoms with Gasteiger partial charge in [0.1, 0.15) is 5.52 Å². The number of ether oxygens (including phenoxy) is 1. The molecule has 0 bridgehead atoms. The van der Waals surface area contributed by atoms with Crippen LogP contribution in [-0.2, 0) is 0 Å². The second-order valence-electron chi connectivity index (χ2n) is 4.51. The maximum absolute atomic E-state index is 12.3. The van der Waals surface area contributed by atoms with Gasteiger partial charge in [-0.3, -0.25) is 0 Å². The van der Waals surface area contributed by atoms with Crippen LogP contribution in [0.1, 0.15) is 10.4 Å². The molecule has 0 fully saturated rings. The van der Waals surface area contributed by atoms with Crippen LogP contribution in [0.3, 0.4) is 0 Å². The van der Waals surface area contributed by atoms with E-state index in [1.165, 1.54) is 0 Å². The molecule has 4 heterocycles. The molecule has 0 N–H and O–H groups in total. The summed E-state index contributed by atoms with van der Waals surface area (Å²) in [6.45, 7) is 0. The number of hydrogen-bond donors (Lipinski definition) is 0. The molecule has 6 nitrogen and oxygen atoms in total. The topological polar surface area (TPSA) is 60.9 Å². The molecule has 102 valence electrons. The summed E-state index contributed by atoms with van der Waals surface area (Å²) < 4.78 is 8.77. The van der Waals surface area contributed by atoms with E-state index >= 15 is 0 Å². The van der Waals surface area contributed by atoms with Gasteiger partial charge in [-0.25, -0.2) is 13.8 Å². The molecule has 0 aromatic carbocycles. The predicted molar refractivity (Wildman–Crippen MR) is 75.3 cm³/mol. The van der Waals surface area contributed by atoms with Gasteiger partial charge >= 0.3 is 5.97 Å². The van der Waals surface area contributed by atoms with Crippen LogP contribution in [-0.4, -0.2) is 25.2 Å². The van der Waals surface area contributed by atoms with Gasteiger partial charge in [0.25, 0.3) is 0 Å². The van der Waals surface area contributed by atoms with Crippen molar-refractivity contribution in [3.05, 3.63) is 66.7 Å². The SMILES string of the molecule is O=C(Oc1ccn2ncccc12)c1ccn2ncccc12. The molecule has 0 atom stereocenters. The molecule has 0 aliphatic rings. The zero-order chi connectivity index (χ0) is 14.2. The van der Waals surface area contributed by atoms with Crippen molar-refractivity contribution in [3.63, 3.8) is 0 Å². The first-order chi connectivity index (χ1) is 10.3. The highest BCUT2D eigenvalue weighted by molar-refractivity contribution is 5.98. The summed E-state index contributed by atoms with van der Waals surface area (Å²) in [5, 5.41) is 8.26. The van der Waals surface area contributed by atoms with Gasteiger partial charge in [0.2, 0.25) is 0 Å². The number of fused-ring (bicyclic) bond motifs is 2. The van der Waals surface area contributed by atoms with Crippen LogP contribution >= 0.6 is 0 Å². The lowest BCUT2D eigenvalue weighted by atomic mass is 10.3. The van der Waals surface area contributed by atoms with E-state index in [-0.39, 0.29) is 0 Å². The summed E-state index contributed by atoms with van der Waals surface area (Å²) in [7, 11) is 0. The first-order valence-electron chi connectivity index (χ1n) is 6.40. The second kappa shape index (κ2) is 4.45. The molecule has 0 spiro atoms. The summed E-state index contributed by atoms with van der Waals surface area (Å²) in [6, 6.07) is 10.7. The molecule has 0 saturated carbocycles. The molecule has 0 aliphatic carbocycles. The average molecular weight is 278 g/mol. The van der Waals surface area contributed by atoms with Crippen LogP contribution in [0.5, 0.6) is 5.75 Å². The Bertz CT molecular complexity index is 954. The number of esters is 1. The minimum absolute atomic E-state index is 0.414. The van der Waals surface area contributed by atoms with E-state index in [1.807, 2.05) is 12.1 Å². The monoisotopic (exact) mass is 278 g/mol. The van der Waals surface area contributed by atoms with Crippen molar-refractivity contribution in [3.8, 4) is 5.75 Å². The Kier molecular flexibility index (Phi) is 2.47. The van der Waals surface area contributed by atoms with E-state index in [9.17, 15) is 4.79 Å². The molecule has 4 aromatic heterocycles. The van der Waals surface area contributed by atoms with E-state index in [0.717, 1.165) is 5.52 Å². The maximum Gasteiger partial charge on any atom is 0.345 e. The highest BCUT2D eigenvalue weighted by Crippen LogP contribution is 2.22. The zero-order valence-corrected chi connectivity index (χ0v) is 10.9. The van der Waals surface area contributed by atoms with Gasteiger partial charge in [-0.15, -0.1) is 0 Å². The fourth-order valence-electron chi connectivity index (χ4n) is 2.28. The third-order valence-electron chi connectivity index (χ3n) is 3.26. The van der Waals surface area contributed by atoms with Gasteiger partial charge in [-0.2, -0.15) is 10.2 Å². The molecule has 4 rings (SSSR count). The lowest BCUT2D eigenvalue weighted by Gasteiger charge is -2.02. The van der Waals surface area contributed by atoms with E-state index in [2.05, 4.69) is 10.2 Å². The number of carbonyl (C=O) groups is 1. The predicted octanol–water partition coefficient (Wildman–Crippen LogP) is 2.20. The van der Waals surface area contributed by atoms with Crippen molar-refractivity contribution in [2.45, 2.75) is 0 Å². The molecular formula is C15H10N4O2. The molecule has 0 unspecified atom stereocenters. The largest absolute Gasteiger partial charge is 0.420 e. The van der Waals surface area contributed by atoms with Crippen molar-refractivity contribution in [1.82, 2.24) is 19.2 Å². The highest BCUT2D eigenvalue weighted by Gasteiger charge is 2.15. The summed E-state index contributed by atoms with van der Waals surface area (Å²) in [5.74, 6) is 0.0683. The first-order valence-corrected chi connectivity index (χ1v) is 6.40. The third kappa shape index (κ3) is 1.85. The smallest absolute Gasteiger partial charge is 0.345 e. The Labute approximate surface area is 119 Å². The van der Waals surface area contributed by atoms with Crippen LogP contribution in [0.25, 0.3) is 11.0 Å². The fourth-order valence-corrected chi connectivity index (χ4v) is 2.28. The van der Waals surface area contributed by atoms with E-state index < -0.39 is 5.97 Å². The molecule has 0 amide bonds. The number of aromatic nitrogens is 4. The minimum Gasteiger partial charge on any atom is -0.420 e. The van der Waals surface area contributed by atoms with Crippen molar-refractivity contribution in [2.75, 3.05) is 0 Å². The van der Waals surface area contributed by atoms with Gasteiger partial charge < -0.3 is 4.74 Å². The highest BCUT2D eigenvalue weighted by atomic mass is 16.5. The summed E-state index contributed by atoms with van der Waals surface area (Å²) in [5.41, 5.74) is 1.93. The van der Waals surface area contributed by atoms with Gasteiger partial charge in [0.15, 0.2) is 5.75 Å². The normalized spacial score (nSPS) is 11.0. The van der Waals surface area contributed by atoms with Gasteiger partial charge in [0, 0.05) is 30.9 Å². The Morgan fingerprint density at radius 1 is 0.905 bits per heavy atom. The van der Waals surface area contributed by atoms with E-state index in [1.54, 1.807) is 58.1 Å². The summed E-state index contributed by atoms with van der Waals surface area (Å²) >= 11 is 0. The van der Waals surface area contributed by atoms with Crippen molar-refractivity contribution < 1.29 is 9.53 Å². The van der Waals surface area contributed by atoms with Crippen molar-refractivity contribution >= 4 is 17.0 Å². The van der Waals surface area contributed by atoms with E-state index in [0.29, 0.717) is 16.8 Å². The van der Waals surface area contributed by atoms with Gasteiger partial charge in [-0.05, 0) is 30.3 Å². The van der Waals surface area contributed by atoms with Crippen molar-refractivity contribution in [1.29, 1.82) is 0 Å². The number of rotatable bonds is 2. The zero-order valence-electron chi connectivity index (χ0n) is 10.9. The Morgan fingerprint density at radius 3 is 2.38 bits per heavy atom. The first kappa shape index (κ1) is 11.7. The molecular weight excluding hydrogens is 268 g/mol. The summed E-state index contributed by atoms with van der Waals surface area (Å²) in [6.07, 6.45) is 6.81. The van der Waals surface area contributed by atoms with Crippen LogP contribution in [0, 0.1) is 0 Å². The summed E-state index contributed by atoms with van der Waals surface area (Å²) in [4.78, 5) is 12.3. The molecule has 4 aromatic rings. The van der Waals surface area contributed by atoms with Crippen LogP contribution in [0.2, 0.25) is 0 Å². The molecule has 21 heavy (non-hydrogen) atoms. The van der Waals surface area contributed by atoms with E-state index in [4.69, 9.17) is 4.74 Å². The standard InChI is InChI=1S/C15H10N4O2/c20-15(11-5-9-18-12(11)3-1-7-16-18)21-14-6-10-19-13(14)4-2-8-17-19/h1-10H. The van der Waals surface area contributed by atoms with Crippen molar-refractivity contribution in [2.24, 2.45) is 0 Å². The number of carbonyl (C=O) groups excluding carboxylic acids is 1. The third-order valence-corrected chi connectivity index (χ3v) is 3.26. The molecule has 6 heteroatoms. The average Bonchev–Trinajstić information content (AvgIpc) is 3.12. The van der Waals surface area contributed by atoms with Crippen LogP contribution in [0.4, 0.5) is 0 Å². The number of hydrogen-bond acceptors (Lipinski definition) is 4. The number of nitrogens with zero attached hydrogens (tertiary/aromatic N) is 4. The maximum atomic E-state index is 12.3. The van der Waals surface area contributed by atoms with Crippen LogP contribution < -0.4 is 4.74 Å². The Hall–Kier alpha value is -3.15. The lowest BCUT2D eigenvalue weighted by molar-refractivity contribution is 0.0739. The Balaban J connectivity index is 1.72. The molecule has 0 saturated heterocycles. The van der Waals surface area contributed by atoms with Crippen LogP contribution in [0.15, 0.2) is 61.2 Å². The lowest BCUT2D eigenvalue weighted by Crippen LogP contribution is -2.08. The quantitative estimate of drug-likeness (QED) is 0.527. The second-order valence-corrected chi connectivity index (χ2v) is 4.51. The van der Waals surface area contributed by atoms with Gasteiger partial charge in [0.05, 0.1) is 11.1 Å².